The number of benzene rings is 1. The van der Waals surface area contributed by atoms with E-state index < -0.39 is 15.7 Å². The van der Waals surface area contributed by atoms with Gasteiger partial charge in [-0.05, 0) is 30.7 Å². The second kappa shape index (κ2) is 3.42. The highest BCUT2D eigenvalue weighted by molar-refractivity contribution is 7.90. The summed E-state index contributed by atoms with van der Waals surface area (Å²) < 4.78 is 22.4. The first-order chi connectivity index (χ1) is 6.32. The molecule has 0 fully saturated rings. The molecular weight excluding hydrogens is 202 g/mol. The molecule has 0 unspecified atom stereocenters. The van der Waals surface area contributed by atoms with Crippen molar-refractivity contribution in [3.05, 3.63) is 29.3 Å². The maximum absolute atomic E-state index is 11.2. The van der Waals surface area contributed by atoms with Gasteiger partial charge < -0.3 is 5.73 Å². The van der Waals surface area contributed by atoms with E-state index in [1.807, 2.05) is 0 Å². The van der Waals surface area contributed by atoms with Crippen LogP contribution in [0.15, 0.2) is 23.1 Å². The van der Waals surface area contributed by atoms with Gasteiger partial charge in [-0.15, -0.1) is 0 Å². The number of primary amides is 1. The Bertz CT molecular complexity index is 477. The average Bonchev–Trinajstić information content (AvgIpc) is 2.01. The van der Waals surface area contributed by atoms with E-state index >= 15 is 0 Å². The largest absolute Gasteiger partial charge is 0.366 e. The number of hydrogen-bond acceptors (Lipinski definition) is 3. The molecule has 2 N–H and O–H groups in total. The highest BCUT2D eigenvalue weighted by atomic mass is 32.2. The highest BCUT2D eigenvalue weighted by Gasteiger charge is 2.11. The van der Waals surface area contributed by atoms with Gasteiger partial charge in [-0.3, -0.25) is 4.79 Å². The van der Waals surface area contributed by atoms with Gasteiger partial charge in [0.1, 0.15) is 0 Å². The number of carbonyl (C=O) groups is 1. The third-order valence-electron chi connectivity index (χ3n) is 1.86. The van der Waals surface area contributed by atoms with Crippen molar-refractivity contribution in [1.82, 2.24) is 0 Å². The molecule has 4 nitrogen and oxygen atoms in total. The van der Waals surface area contributed by atoms with Gasteiger partial charge in [-0.25, -0.2) is 8.42 Å². The Morgan fingerprint density at radius 2 is 1.93 bits per heavy atom. The van der Waals surface area contributed by atoms with Crippen LogP contribution in [0.5, 0.6) is 0 Å². The van der Waals surface area contributed by atoms with Gasteiger partial charge in [0.05, 0.1) is 4.90 Å². The molecule has 0 saturated carbocycles. The van der Waals surface area contributed by atoms with Crippen LogP contribution in [-0.4, -0.2) is 20.6 Å². The topological polar surface area (TPSA) is 77.2 Å². The zero-order valence-corrected chi connectivity index (χ0v) is 8.76. The second-order valence-electron chi connectivity index (χ2n) is 3.12. The smallest absolute Gasteiger partial charge is 0.248 e. The molecule has 0 saturated heterocycles. The average molecular weight is 213 g/mol. The molecule has 0 aliphatic rings. The van der Waals surface area contributed by atoms with Gasteiger partial charge in [0.25, 0.3) is 0 Å². The van der Waals surface area contributed by atoms with Crippen molar-refractivity contribution in [2.24, 2.45) is 5.73 Å². The highest BCUT2D eigenvalue weighted by Crippen LogP contribution is 2.16. The Kier molecular flexibility index (Phi) is 2.62. The van der Waals surface area contributed by atoms with Gasteiger partial charge in [0.2, 0.25) is 5.91 Å². The van der Waals surface area contributed by atoms with Crippen LogP contribution in [0, 0.1) is 6.92 Å². The number of nitrogens with two attached hydrogens (primary N) is 1. The van der Waals surface area contributed by atoms with E-state index in [1.165, 1.54) is 18.2 Å². The van der Waals surface area contributed by atoms with Crippen LogP contribution in [0.2, 0.25) is 0 Å². The number of rotatable bonds is 2. The van der Waals surface area contributed by atoms with Crippen LogP contribution in [-0.2, 0) is 9.84 Å². The van der Waals surface area contributed by atoms with E-state index in [4.69, 9.17) is 5.73 Å². The minimum absolute atomic E-state index is 0.225. The molecule has 5 heteroatoms. The van der Waals surface area contributed by atoms with Crippen LogP contribution in [0.25, 0.3) is 0 Å². The van der Waals surface area contributed by atoms with Gasteiger partial charge in [-0.2, -0.15) is 0 Å². The van der Waals surface area contributed by atoms with E-state index in [9.17, 15) is 13.2 Å². The summed E-state index contributed by atoms with van der Waals surface area (Å²) in [5.74, 6) is -0.562. The molecule has 1 aromatic carbocycles. The molecule has 1 aromatic rings. The Morgan fingerprint density at radius 1 is 1.36 bits per heavy atom. The van der Waals surface area contributed by atoms with Crippen molar-refractivity contribution in [2.75, 3.05) is 6.26 Å². The number of carbonyl (C=O) groups excluding carboxylic acids is 1. The predicted octanol–water partition coefficient (Wildman–Crippen LogP) is 0.497. The second-order valence-corrected chi connectivity index (χ2v) is 5.10. The fourth-order valence-electron chi connectivity index (χ4n) is 1.22. The number of sulfone groups is 1. The van der Waals surface area contributed by atoms with Gasteiger partial charge in [0, 0.05) is 11.8 Å². The fourth-order valence-corrected chi connectivity index (χ4v) is 2.18. The quantitative estimate of drug-likeness (QED) is 0.777. The summed E-state index contributed by atoms with van der Waals surface area (Å²) in [5, 5.41) is 0. The summed E-state index contributed by atoms with van der Waals surface area (Å²) in [7, 11) is -3.23. The molecule has 0 aliphatic heterocycles. The van der Waals surface area contributed by atoms with E-state index in [0.717, 1.165) is 6.26 Å². The molecule has 0 heterocycles. The van der Waals surface area contributed by atoms with Crippen molar-refractivity contribution < 1.29 is 13.2 Å². The molecule has 1 amide bonds. The van der Waals surface area contributed by atoms with Crippen molar-refractivity contribution in [3.8, 4) is 0 Å². The lowest BCUT2D eigenvalue weighted by atomic mass is 10.1. The molecule has 0 atom stereocenters. The first-order valence-electron chi connectivity index (χ1n) is 3.93. The van der Waals surface area contributed by atoms with Gasteiger partial charge in [0.15, 0.2) is 9.84 Å². The number of hydrogen-bond donors (Lipinski definition) is 1. The van der Waals surface area contributed by atoms with Crippen LogP contribution < -0.4 is 5.73 Å². The summed E-state index contributed by atoms with van der Waals surface area (Å²) in [6.07, 6.45) is 1.12. The van der Waals surface area contributed by atoms with Crippen molar-refractivity contribution in [1.29, 1.82) is 0 Å². The third-order valence-corrected chi connectivity index (χ3v) is 3.12. The van der Waals surface area contributed by atoms with Crippen molar-refractivity contribution in [2.45, 2.75) is 11.8 Å². The fraction of sp³-hybridized carbons (Fsp3) is 0.222. The van der Waals surface area contributed by atoms with Crippen molar-refractivity contribution >= 4 is 15.7 Å². The Labute approximate surface area is 82.7 Å². The lowest BCUT2D eigenvalue weighted by molar-refractivity contribution is 0.1000. The molecule has 14 heavy (non-hydrogen) atoms. The van der Waals surface area contributed by atoms with Crippen LogP contribution >= 0.6 is 0 Å². The maximum Gasteiger partial charge on any atom is 0.248 e. The molecule has 76 valence electrons. The normalized spacial score (nSPS) is 11.3. The molecule has 0 radical (unpaired) electrons. The predicted molar refractivity (Wildman–Crippen MR) is 52.8 cm³/mol. The summed E-state index contributed by atoms with van der Waals surface area (Å²) in [6, 6.07) is 4.27. The third kappa shape index (κ3) is 2.11. The molecule has 0 aromatic heterocycles. The molecule has 1 rings (SSSR count). The maximum atomic E-state index is 11.2. The Hall–Kier alpha value is -1.36. The van der Waals surface area contributed by atoms with Gasteiger partial charge >= 0.3 is 0 Å². The summed E-state index contributed by atoms with van der Waals surface area (Å²) in [6.45, 7) is 1.63. The molecular formula is C9H11NO3S. The van der Waals surface area contributed by atoms with Crippen LogP contribution in [0.3, 0.4) is 0 Å². The Balaban J connectivity index is 3.35. The molecule has 0 aliphatic carbocycles. The summed E-state index contributed by atoms with van der Waals surface area (Å²) in [5.41, 5.74) is 5.90. The lowest BCUT2D eigenvalue weighted by Gasteiger charge is -2.04. The van der Waals surface area contributed by atoms with E-state index in [0.29, 0.717) is 11.1 Å². The van der Waals surface area contributed by atoms with E-state index in [-0.39, 0.29) is 4.90 Å². The van der Waals surface area contributed by atoms with Crippen LogP contribution in [0.4, 0.5) is 0 Å². The van der Waals surface area contributed by atoms with Crippen molar-refractivity contribution in [3.63, 3.8) is 0 Å². The Morgan fingerprint density at radius 3 is 2.29 bits per heavy atom. The minimum atomic E-state index is -3.23. The first-order valence-corrected chi connectivity index (χ1v) is 5.82. The summed E-state index contributed by atoms with van der Waals surface area (Å²) in [4.78, 5) is 11.0. The zero-order chi connectivity index (χ0) is 10.9. The number of amides is 1. The van der Waals surface area contributed by atoms with E-state index in [1.54, 1.807) is 6.92 Å². The monoisotopic (exact) mass is 213 g/mol. The summed E-state index contributed by atoms with van der Waals surface area (Å²) >= 11 is 0. The molecule has 0 spiro atoms. The lowest BCUT2D eigenvalue weighted by Crippen LogP contribution is -2.12. The SMILES string of the molecule is Cc1cc(C(N)=O)ccc1S(C)(=O)=O. The van der Waals surface area contributed by atoms with E-state index in [2.05, 4.69) is 0 Å². The molecule has 0 bridgehead atoms. The zero-order valence-electron chi connectivity index (χ0n) is 7.94. The number of aryl methyl sites for hydroxylation is 1. The van der Waals surface area contributed by atoms with Gasteiger partial charge in [-0.1, -0.05) is 0 Å². The first kappa shape index (κ1) is 10.7. The minimum Gasteiger partial charge on any atom is -0.366 e. The van der Waals surface area contributed by atoms with Crippen LogP contribution in [0.1, 0.15) is 15.9 Å². The standard InChI is InChI=1S/C9H11NO3S/c1-6-5-7(9(10)11)3-4-8(6)14(2,12)13/h3-5H,1-2H3,(H2,10,11).